The van der Waals surface area contributed by atoms with E-state index in [1.165, 1.54) is 24.4 Å². The number of hydrogen-bond donors (Lipinski definition) is 2. The van der Waals surface area contributed by atoms with E-state index in [9.17, 15) is 14.9 Å². The summed E-state index contributed by atoms with van der Waals surface area (Å²) in [5.41, 5.74) is 4.39. The molecule has 1 amide bonds. The van der Waals surface area contributed by atoms with Crippen LogP contribution in [0.2, 0.25) is 0 Å². The summed E-state index contributed by atoms with van der Waals surface area (Å²) in [5.74, 6) is 0.196. The fourth-order valence-corrected chi connectivity index (χ4v) is 2.31. The van der Waals surface area contributed by atoms with Crippen LogP contribution in [-0.4, -0.2) is 34.4 Å². The van der Waals surface area contributed by atoms with Crippen LogP contribution in [-0.2, 0) is 0 Å². The van der Waals surface area contributed by atoms with Crippen LogP contribution >= 0.6 is 0 Å². The van der Waals surface area contributed by atoms with E-state index in [0.717, 1.165) is 5.56 Å². The first kappa shape index (κ1) is 17.8. The van der Waals surface area contributed by atoms with Crippen molar-refractivity contribution < 1.29 is 14.5 Å². The van der Waals surface area contributed by atoms with Crippen molar-refractivity contribution >= 4 is 17.8 Å². The number of ether oxygens (including phenoxy) is 1. The van der Waals surface area contributed by atoms with Crippen LogP contribution in [0.15, 0.2) is 59.7 Å². The van der Waals surface area contributed by atoms with Crippen LogP contribution in [0, 0.1) is 10.1 Å². The number of hydrazone groups is 1. The number of hydrogen-bond acceptors (Lipinski definition) is 6. The highest BCUT2D eigenvalue weighted by atomic mass is 16.6. The van der Waals surface area contributed by atoms with E-state index in [2.05, 4.69) is 20.7 Å². The van der Waals surface area contributed by atoms with E-state index in [0.29, 0.717) is 17.0 Å². The zero-order valence-corrected chi connectivity index (χ0v) is 14.2. The minimum absolute atomic E-state index is 0.0539. The minimum Gasteiger partial charge on any atom is -0.497 e. The second kappa shape index (κ2) is 7.91. The molecule has 0 unspecified atom stereocenters. The summed E-state index contributed by atoms with van der Waals surface area (Å²) in [6, 6.07) is 14.8. The fourth-order valence-electron chi connectivity index (χ4n) is 2.31. The second-order valence-corrected chi connectivity index (χ2v) is 5.45. The predicted molar refractivity (Wildman–Crippen MR) is 98.7 cm³/mol. The van der Waals surface area contributed by atoms with Gasteiger partial charge in [0.25, 0.3) is 11.6 Å². The van der Waals surface area contributed by atoms with Crippen LogP contribution in [0.3, 0.4) is 0 Å². The lowest BCUT2D eigenvalue weighted by Crippen LogP contribution is -2.18. The standard InChI is InChI=1S/C18H15N5O4/c1-27-15-7-3-5-13(9-15)16-10-17(21-20-16)18(24)22-19-11-12-4-2-6-14(8-12)23(25)26/h2-11H,1H3,(H,20,21)(H,22,24)/b19-11-. The highest BCUT2D eigenvalue weighted by Gasteiger charge is 2.11. The van der Waals surface area contributed by atoms with E-state index >= 15 is 0 Å². The van der Waals surface area contributed by atoms with Gasteiger partial charge in [0.1, 0.15) is 11.4 Å². The molecule has 1 heterocycles. The average molecular weight is 365 g/mol. The molecule has 0 aliphatic carbocycles. The third kappa shape index (κ3) is 4.34. The molecule has 3 aromatic rings. The van der Waals surface area contributed by atoms with Crippen molar-refractivity contribution in [2.45, 2.75) is 0 Å². The number of non-ortho nitro benzene ring substituents is 1. The molecule has 0 spiro atoms. The number of nitrogens with zero attached hydrogens (tertiary/aromatic N) is 3. The number of aromatic amines is 1. The largest absolute Gasteiger partial charge is 0.497 e. The Morgan fingerprint density at radius 3 is 2.85 bits per heavy atom. The van der Waals surface area contributed by atoms with Crippen molar-refractivity contribution in [2.24, 2.45) is 5.10 Å². The number of nitro groups is 1. The quantitative estimate of drug-likeness (QED) is 0.395. The van der Waals surface area contributed by atoms with Crippen LogP contribution in [0.25, 0.3) is 11.3 Å². The Bertz CT molecular complexity index is 1010. The number of nitrogens with one attached hydrogen (secondary N) is 2. The van der Waals surface area contributed by atoms with Gasteiger partial charge in [0.2, 0.25) is 0 Å². The molecule has 1 aromatic heterocycles. The van der Waals surface area contributed by atoms with Gasteiger partial charge in [-0.3, -0.25) is 20.0 Å². The summed E-state index contributed by atoms with van der Waals surface area (Å²) >= 11 is 0. The number of amides is 1. The molecule has 9 heteroatoms. The van der Waals surface area contributed by atoms with Gasteiger partial charge in [-0.25, -0.2) is 5.43 Å². The Morgan fingerprint density at radius 1 is 1.26 bits per heavy atom. The molecule has 0 atom stereocenters. The molecule has 27 heavy (non-hydrogen) atoms. The highest BCUT2D eigenvalue weighted by molar-refractivity contribution is 5.94. The maximum absolute atomic E-state index is 12.1. The van der Waals surface area contributed by atoms with Gasteiger partial charge >= 0.3 is 0 Å². The Morgan fingerprint density at radius 2 is 2.07 bits per heavy atom. The molecule has 3 rings (SSSR count). The number of carbonyl (C=O) groups is 1. The van der Waals surface area contributed by atoms with Gasteiger partial charge in [-0.05, 0) is 18.2 Å². The second-order valence-electron chi connectivity index (χ2n) is 5.45. The summed E-state index contributed by atoms with van der Waals surface area (Å²) in [6.07, 6.45) is 1.32. The number of rotatable bonds is 6. The van der Waals surface area contributed by atoms with Crippen molar-refractivity contribution in [1.82, 2.24) is 15.6 Å². The first-order valence-corrected chi connectivity index (χ1v) is 7.84. The number of benzene rings is 2. The maximum atomic E-state index is 12.1. The molecule has 2 N–H and O–H groups in total. The van der Waals surface area contributed by atoms with Gasteiger partial charge in [-0.1, -0.05) is 24.3 Å². The molecule has 0 saturated heterocycles. The summed E-state index contributed by atoms with van der Waals surface area (Å²) in [6.45, 7) is 0. The number of nitro benzene ring substituents is 1. The molecule has 0 aliphatic rings. The minimum atomic E-state index is -0.499. The number of methoxy groups -OCH3 is 1. The third-order valence-corrected chi connectivity index (χ3v) is 3.65. The predicted octanol–water partition coefficient (Wildman–Crippen LogP) is 2.76. The van der Waals surface area contributed by atoms with Crippen molar-refractivity contribution in [3.63, 3.8) is 0 Å². The molecule has 0 fully saturated rings. The Balaban J connectivity index is 1.67. The van der Waals surface area contributed by atoms with Crippen molar-refractivity contribution in [2.75, 3.05) is 7.11 Å². The molecule has 136 valence electrons. The molecule has 0 bridgehead atoms. The first-order chi connectivity index (χ1) is 13.1. The highest BCUT2D eigenvalue weighted by Crippen LogP contribution is 2.22. The number of carbonyl (C=O) groups excluding carboxylic acids is 1. The molecule has 0 aliphatic heterocycles. The van der Waals surface area contributed by atoms with E-state index in [1.54, 1.807) is 25.3 Å². The van der Waals surface area contributed by atoms with Crippen LogP contribution in [0.1, 0.15) is 16.1 Å². The van der Waals surface area contributed by atoms with E-state index in [-0.39, 0.29) is 11.4 Å². The molecule has 9 nitrogen and oxygen atoms in total. The van der Waals surface area contributed by atoms with Crippen molar-refractivity contribution in [1.29, 1.82) is 0 Å². The van der Waals surface area contributed by atoms with Crippen LogP contribution < -0.4 is 10.2 Å². The van der Waals surface area contributed by atoms with Gasteiger partial charge in [0.05, 0.1) is 23.9 Å². The summed E-state index contributed by atoms with van der Waals surface area (Å²) in [5, 5.41) is 21.3. The number of H-pyrrole nitrogens is 1. The van der Waals surface area contributed by atoms with Crippen molar-refractivity contribution in [3.8, 4) is 17.0 Å². The zero-order chi connectivity index (χ0) is 19.2. The molecule has 2 aromatic carbocycles. The Kier molecular flexibility index (Phi) is 5.22. The monoisotopic (exact) mass is 365 g/mol. The molecular formula is C18H15N5O4. The zero-order valence-electron chi connectivity index (χ0n) is 14.2. The average Bonchev–Trinajstić information content (AvgIpc) is 3.18. The number of aromatic nitrogens is 2. The lowest BCUT2D eigenvalue weighted by molar-refractivity contribution is -0.384. The summed E-state index contributed by atoms with van der Waals surface area (Å²) in [7, 11) is 1.57. The van der Waals surface area contributed by atoms with E-state index in [1.807, 2.05) is 18.2 Å². The van der Waals surface area contributed by atoms with Gasteiger partial charge in [0, 0.05) is 23.3 Å². The summed E-state index contributed by atoms with van der Waals surface area (Å²) < 4.78 is 5.17. The lowest BCUT2D eigenvalue weighted by atomic mass is 10.1. The van der Waals surface area contributed by atoms with Gasteiger partial charge in [0.15, 0.2) is 0 Å². The van der Waals surface area contributed by atoms with Gasteiger partial charge < -0.3 is 4.74 Å². The maximum Gasteiger partial charge on any atom is 0.289 e. The molecular weight excluding hydrogens is 350 g/mol. The van der Waals surface area contributed by atoms with E-state index in [4.69, 9.17) is 4.74 Å². The lowest BCUT2D eigenvalue weighted by Gasteiger charge is -2.00. The normalized spacial score (nSPS) is 10.7. The SMILES string of the molecule is COc1cccc(-c2cc(C(=O)N/N=C\c3cccc([N+](=O)[O-])c3)[nH]n2)c1. The van der Waals surface area contributed by atoms with Crippen LogP contribution in [0.5, 0.6) is 5.75 Å². The smallest absolute Gasteiger partial charge is 0.289 e. The van der Waals surface area contributed by atoms with Gasteiger partial charge in [-0.2, -0.15) is 10.2 Å². The van der Waals surface area contributed by atoms with Crippen molar-refractivity contribution in [3.05, 3.63) is 76.0 Å². The molecule has 0 saturated carbocycles. The van der Waals surface area contributed by atoms with Gasteiger partial charge in [-0.15, -0.1) is 0 Å². The topological polar surface area (TPSA) is 123 Å². The summed E-state index contributed by atoms with van der Waals surface area (Å²) in [4.78, 5) is 22.4. The van der Waals surface area contributed by atoms with E-state index < -0.39 is 10.8 Å². The third-order valence-electron chi connectivity index (χ3n) is 3.65. The molecule has 0 radical (unpaired) electrons. The Labute approximate surface area is 153 Å². The Hall–Kier alpha value is -4.01. The first-order valence-electron chi connectivity index (χ1n) is 7.84. The fraction of sp³-hybridized carbons (Fsp3) is 0.0556. The van der Waals surface area contributed by atoms with Crippen LogP contribution in [0.4, 0.5) is 5.69 Å².